The molecule has 0 aliphatic carbocycles. The van der Waals surface area contributed by atoms with Crippen molar-refractivity contribution in [2.45, 2.75) is 18.9 Å². The molecule has 1 rings (SSSR count). The summed E-state index contributed by atoms with van der Waals surface area (Å²) >= 11 is 0. The van der Waals surface area contributed by atoms with Gasteiger partial charge in [0.25, 0.3) is 0 Å². The molecule has 0 aromatic rings. The predicted molar refractivity (Wildman–Crippen MR) is 48.7 cm³/mol. The number of aliphatic carboxylic acids is 1. The maximum Gasteiger partial charge on any atom is 0.323 e. The number of carboxylic acid groups (broad SMARTS) is 1. The summed E-state index contributed by atoms with van der Waals surface area (Å²) in [6.07, 6.45) is 1.45. The fourth-order valence-electron chi connectivity index (χ4n) is 1.29. The number of amides is 1. The Balaban J connectivity index is 0.00000144. The van der Waals surface area contributed by atoms with Gasteiger partial charge in [-0.25, -0.2) is 0 Å². The number of carbonyl (C=O) groups excluding carboxylic acids is 1. The molecule has 3 N–H and O–H groups in total. The minimum atomic E-state index is -0.988. The summed E-state index contributed by atoms with van der Waals surface area (Å²) in [6, 6.07) is -0.502. The molecular formula is C7H13ClN2O3. The van der Waals surface area contributed by atoms with Gasteiger partial charge in [-0.15, -0.1) is 12.4 Å². The van der Waals surface area contributed by atoms with E-state index in [1.807, 2.05) is 0 Å². The normalized spacial score (nSPS) is 22.4. The van der Waals surface area contributed by atoms with E-state index in [9.17, 15) is 9.59 Å². The van der Waals surface area contributed by atoms with Gasteiger partial charge in [-0.05, 0) is 12.8 Å². The molecule has 1 unspecified atom stereocenters. The number of nitrogens with two attached hydrogens (primary N) is 1. The maximum absolute atomic E-state index is 11.2. The topological polar surface area (TPSA) is 83.6 Å². The van der Waals surface area contributed by atoms with E-state index in [1.165, 1.54) is 4.90 Å². The monoisotopic (exact) mass is 208 g/mol. The number of halogens is 1. The van der Waals surface area contributed by atoms with Crippen LogP contribution in [-0.2, 0) is 9.59 Å². The van der Waals surface area contributed by atoms with Crippen LogP contribution in [0.5, 0.6) is 0 Å². The standard InChI is InChI=1S/C7H12N2O3.ClH/c8-5-2-1-3-9(7(5)12)4-6(10)11;/h5H,1-4,8H2,(H,10,11);1H. The minimum Gasteiger partial charge on any atom is -0.480 e. The van der Waals surface area contributed by atoms with Crippen molar-refractivity contribution in [2.75, 3.05) is 13.1 Å². The lowest BCUT2D eigenvalue weighted by Gasteiger charge is -2.28. The lowest BCUT2D eigenvalue weighted by Crippen LogP contribution is -2.49. The Kier molecular flexibility index (Phi) is 4.72. The highest BCUT2D eigenvalue weighted by molar-refractivity contribution is 5.86. The summed E-state index contributed by atoms with van der Waals surface area (Å²) < 4.78 is 0. The van der Waals surface area contributed by atoms with Crippen LogP contribution >= 0.6 is 12.4 Å². The highest BCUT2D eigenvalue weighted by atomic mass is 35.5. The summed E-state index contributed by atoms with van der Waals surface area (Å²) in [5.41, 5.74) is 5.46. The van der Waals surface area contributed by atoms with Gasteiger partial charge >= 0.3 is 5.97 Å². The van der Waals surface area contributed by atoms with Crippen LogP contribution in [0.15, 0.2) is 0 Å². The molecule has 0 spiro atoms. The Labute approximate surface area is 82.3 Å². The van der Waals surface area contributed by atoms with E-state index in [1.54, 1.807) is 0 Å². The van der Waals surface area contributed by atoms with Crippen LogP contribution in [0, 0.1) is 0 Å². The number of rotatable bonds is 2. The number of carbonyl (C=O) groups is 2. The second-order valence-corrected chi connectivity index (χ2v) is 2.90. The highest BCUT2D eigenvalue weighted by Crippen LogP contribution is 2.08. The van der Waals surface area contributed by atoms with Crippen molar-refractivity contribution >= 4 is 24.3 Å². The quantitative estimate of drug-likeness (QED) is 0.638. The molecule has 1 aliphatic rings. The van der Waals surface area contributed by atoms with Crippen molar-refractivity contribution in [1.29, 1.82) is 0 Å². The molecule has 0 radical (unpaired) electrons. The Bertz CT molecular complexity index is 210. The molecule has 1 aliphatic heterocycles. The van der Waals surface area contributed by atoms with Crippen LogP contribution in [-0.4, -0.2) is 41.0 Å². The van der Waals surface area contributed by atoms with Crippen molar-refractivity contribution in [3.63, 3.8) is 0 Å². The Morgan fingerprint density at radius 1 is 1.69 bits per heavy atom. The number of nitrogens with zero attached hydrogens (tertiary/aromatic N) is 1. The van der Waals surface area contributed by atoms with Crippen LogP contribution < -0.4 is 5.73 Å². The summed E-state index contributed by atoms with van der Waals surface area (Å²) in [7, 11) is 0. The van der Waals surface area contributed by atoms with Crippen molar-refractivity contribution < 1.29 is 14.7 Å². The lowest BCUT2D eigenvalue weighted by molar-refractivity contribution is -0.146. The van der Waals surface area contributed by atoms with E-state index in [-0.39, 0.29) is 24.9 Å². The molecule has 1 heterocycles. The number of hydrogen-bond acceptors (Lipinski definition) is 3. The third kappa shape index (κ3) is 3.20. The van der Waals surface area contributed by atoms with Gasteiger partial charge in [0.15, 0.2) is 0 Å². The van der Waals surface area contributed by atoms with Crippen molar-refractivity contribution in [2.24, 2.45) is 5.73 Å². The molecule has 0 aromatic heterocycles. The first kappa shape index (κ1) is 12.2. The van der Waals surface area contributed by atoms with Gasteiger partial charge in [0.05, 0.1) is 6.04 Å². The van der Waals surface area contributed by atoms with Gasteiger partial charge in [0, 0.05) is 6.54 Å². The largest absolute Gasteiger partial charge is 0.480 e. The van der Waals surface area contributed by atoms with E-state index in [0.717, 1.165) is 6.42 Å². The van der Waals surface area contributed by atoms with Gasteiger partial charge in [-0.1, -0.05) is 0 Å². The molecule has 1 amide bonds. The summed E-state index contributed by atoms with van der Waals surface area (Å²) in [5.74, 6) is -1.24. The fourth-order valence-corrected chi connectivity index (χ4v) is 1.29. The highest BCUT2D eigenvalue weighted by Gasteiger charge is 2.26. The second-order valence-electron chi connectivity index (χ2n) is 2.90. The van der Waals surface area contributed by atoms with Crippen molar-refractivity contribution in [1.82, 2.24) is 4.90 Å². The second kappa shape index (κ2) is 5.04. The van der Waals surface area contributed by atoms with Crippen molar-refractivity contribution in [3.05, 3.63) is 0 Å². The number of piperidine rings is 1. The third-order valence-corrected chi connectivity index (χ3v) is 1.90. The number of carboxylic acids is 1. The molecular weight excluding hydrogens is 196 g/mol. The predicted octanol–water partition coefficient (Wildman–Crippen LogP) is -0.557. The minimum absolute atomic E-state index is 0. The zero-order valence-electron chi connectivity index (χ0n) is 7.10. The first-order valence-electron chi connectivity index (χ1n) is 3.87. The van der Waals surface area contributed by atoms with Crippen LogP contribution in [0.25, 0.3) is 0 Å². The van der Waals surface area contributed by atoms with E-state index < -0.39 is 12.0 Å². The molecule has 6 heteroatoms. The lowest BCUT2D eigenvalue weighted by atomic mass is 10.1. The molecule has 1 atom stereocenters. The third-order valence-electron chi connectivity index (χ3n) is 1.90. The molecule has 13 heavy (non-hydrogen) atoms. The molecule has 5 nitrogen and oxygen atoms in total. The molecule has 1 fully saturated rings. The summed E-state index contributed by atoms with van der Waals surface area (Å²) in [4.78, 5) is 22.8. The smallest absolute Gasteiger partial charge is 0.323 e. The molecule has 0 aromatic carbocycles. The summed E-state index contributed by atoms with van der Waals surface area (Å²) in [5, 5.41) is 8.44. The van der Waals surface area contributed by atoms with Crippen LogP contribution in [0.2, 0.25) is 0 Å². The zero-order valence-corrected chi connectivity index (χ0v) is 7.92. The van der Waals surface area contributed by atoms with Gasteiger partial charge in [-0.3, -0.25) is 9.59 Å². The molecule has 76 valence electrons. The number of likely N-dealkylation sites (tertiary alicyclic amines) is 1. The summed E-state index contributed by atoms with van der Waals surface area (Å²) in [6.45, 7) is 0.283. The van der Waals surface area contributed by atoms with E-state index in [0.29, 0.717) is 13.0 Å². The van der Waals surface area contributed by atoms with E-state index >= 15 is 0 Å². The molecule has 0 saturated carbocycles. The van der Waals surface area contributed by atoms with E-state index in [4.69, 9.17) is 10.8 Å². The first-order valence-corrected chi connectivity index (χ1v) is 3.87. The maximum atomic E-state index is 11.2. The zero-order chi connectivity index (χ0) is 9.14. The SMILES string of the molecule is Cl.NC1CCCN(CC(=O)O)C1=O. The van der Waals surface area contributed by atoms with E-state index in [2.05, 4.69) is 0 Å². The van der Waals surface area contributed by atoms with Crippen LogP contribution in [0.4, 0.5) is 0 Å². The molecule has 1 saturated heterocycles. The van der Waals surface area contributed by atoms with Crippen LogP contribution in [0.1, 0.15) is 12.8 Å². The fraction of sp³-hybridized carbons (Fsp3) is 0.714. The van der Waals surface area contributed by atoms with Gasteiger partial charge < -0.3 is 15.7 Å². The van der Waals surface area contributed by atoms with Crippen molar-refractivity contribution in [3.8, 4) is 0 Å². The Morgan fingerprint density at radius 3 is 2.85 bits per heavy atom. The average molecular weight is 209 g/mol. The first-order chi connectivity index (χ1) is 5.61. The average Bonchev–Trinajstić information content (AvgIpc) is 1.98. The van der Waals surface area contributed by atoms with Gasteiger partial charge in [-0.2, -0.15) is 0 Å². The number of hydrogen-bond donors (Lipinski definition) is 2. The Morgan fingerprint density at radius 2 is 2.31 bits per heavy atom. The van der Waals surface area contributed by atoms with Gasteiger partial charge in [0.1, 0.15) is 6.54 Å². The van der Waals surface area contributed by atoms with Crippen LogP contribution in [0.3, 0.4) is 0 Å². The van der Waals surface area contributed by atoms with Gasteiger partial charge in [0.2, 0.25) is 5.91 Å². The Hall–Kier alpha value is -0.810. The molecule has 0 bridgehead atoms.